The van der Waals surface area contributed by atoms with E-state index in [2.05, 4.69) is 38.1 Å². The van der Waals surface area contributed by atoms with E-state index in [9.17, 15) is 0 Å². The number of unbranched alkanes of at least 4 members (excludes halogenated alkanes) is 1. The van der Waals surface area contributed by atoms with Gasteiger partial charge in [0, 0.05) is 10.3 Å². The van der Waals surface area contributed by atoms with Crippen molar-refractivity contribution < 1.29 is 0 Å². The first-order valence-corrected chi connectivity index (χ1v) is 6.83. The Bertz CT molecular complexity index is 292. The van der Waals surface area contributed by atoms with Crippen molar-refractivity contribution in [1.82, 2.24) is 4.37 Å². The van der Waals surface area contributed by atoms with Gasteiger partial charge >= 0.3 is 0 Å². The summed E-state index contributed by atoms with van der Waals surface area (Å²) in [6, 6.07) is 2.27. The molecular formula is C13H23NS. The van der Waals surface area contributed by atoms with E-state index >= 15 is 0 Å². The molecule has 0 aliphatic heterocycles. The molecule has 0 saturated heterocycles. The van der Waals surface area contributed by atoms with E-state index in [0.717, 1.165) is 0 Å². The van der Waals surface area contributed by atoms with Gasteiger partial charge in [0.15, 0.2) is 0 Å². The van der Waals surface area contributed by atoms with Gasteiger partial charge in [0.05, 0.1) is 5.69 Å². The van der Waals surface area contributed by atoms with E-state index in [1.165, 1.54) is 42.7 Å². The van der Waals surface area contributed by atoms with Crippen LogP contribution >= 0.6 is 11.5 Å². The van der Waals surface area contributed by atoms with Crippen molar-refractivity contribution in [2.75, 3.05) is 0 Å². The summed E-state index contributed by atoms with van der Waals surface area (Å²) in [6.45, 7) is 9.05. The van der Waals surface area contributed by atoms with Crippen molar-refractivity contribution >= 4 is 11.5 Å². The number of aryl methyl sites for hydroxylation is 1. The monoisotopic (exact) mass is 225 g/mol. The maximum absolute atomic E-state index is 4.60. The molecule has 1 aromatic rings. The average molecular weight is 225 g/mol. The van der Waals surface area contributed by atoms with Crippen LogP contribution in [0.25, 0.3) is 0 Å². The molecule has 1 heterocycles. The van der Waals surface area contributed by atoms with Crippen LogP contribution in [-0.2, 0) is 5.41 Å². The molecule has 0 amide bonds. The molecule has 0 aliphatic rings. The molecular weight excluding hydrogens is 202 g/mol. The number of hydrogen-bond donors (Lipinski definition) is 0. The highest BCUT2D eigenvalue weighted by Crippen LogP contribution is 2.34. The quantitative estimate of drug-likeness (QED) is 0.684. The summed E-state index contributed by atoms with van der Waals surface area (Å²) in [5, 5.41) is 0. The van der Waals surface area contributed by atoms with Gasteiger partial charge < -0.3 is 0 Å². The summed E-state index contributed by atoms with van der Waals surface area (Å²) in [5.41, 5.74) is 1.63. The van der Waals surface area contributed by atoms with Crippen LogP contribution in [0.1, 0.15) is 63.4 Å². The highest BCUT2D eigenvalue weighted by molar-refractivity contribution is 7.05. The molecule has 0 bridgehead atoms. The van der Waals surface area contributed by atoms with Crippen molar-refractivity contribution in [3.63, 3.8) is 0 Å². The fraction of sp³-hybridized carbons (Fsp3) is 0.769. The van der Waals surface area contributed by atoms with Gasteiger partial charge in [0.2, 0.25) is 0 Å². The second kappa shape index (κ2) is 5.64. The van der Waals surface area contributed by atoms with Crippen molar-refractivity contribution in [2.24, 2.45) is 0 Å². The van der Waals surface area contributed by atoms with E-state index in [-0.39, 0.29) is 0 Å². The standard InChI is InChI=1S/C13H23NS/c1-5-7-9-13(4,8-6-2)12-10-11(3)15-14-12/h10H,5-9H2,1-4H3. The minimum atomic E-state index is 0.315. The first-order chi connectivity index (χ1) is 7.12. The van der Waals surface area contributed by atoms with Gasteiger partial charge in [-0.3, -0.25) is 0 Å². The Morgan fingerprint density at radius 3 is 2.47 bits per heavy atom. The maximum Gasteiger partial charge on any atom is 0.0603 e. The molecule has 15 heavy (non-hydrogen) atoms. The first kappa shape index (κ1) is 12.7. The van der Waals surface area contributed by atoms with Crippen LogP contribution in [0.4, 0.5) is 0 Å². The third-order valence-electron chi connectivity index (χ3n) is 3.13. The zero-order valence-electron chi connectivity index (χ0n) is 10.5. The lowest BCUT2D eigenvalue weighted by Gasteiger charge is -2.27. The minimum absolute atomic E-state index is 0.315. The maximum atomic E-state index is 4.60. The number of rotatable bonds is 6. The second-order valence-corrected chi connectivity index (χ2v) is 5.75. The summed E-state index contributed by atoms with van der Waals surface area (Å²) < 4.78 is 4.60. The summed E-state index contributed by atoms with van der Waals surface area (Å²) in [6.07, 6.45) is 6.38. The predicted octanol–water partition coefficient (Wildman–Crippen LogP) is 4.70. The van der Waals surface area contributed by atoms with Gasteiger partial charge in [-0.15, -0.1) is 0 Å². The molecule has 0 radical (unpaired) electrons. The molecule has 1 atom stereocenters. The fourth-order valence-corrected chi connectivity index (χ4v) is 2.83. The fourth-order valence-electron chi connectivity index (χ4n) is 2.15. The van der Waals surface area contributed by atoms with Gasteiger partial charge in [-0.25, -0.2) is 0 Å². The van der Waals surface area contributed by atoms with E-state index < -0.39 is 0 Å². The van der Waals surface area contributed by atoms with Crippen molar-refractivity contribution in [3.05, 3.63) is 16.6 Å². The molecule has 1 nitrogen and oxygen atoms in total. The van der Waals surface area contributed by atoms with E-state index in [1.807, 2.05) is 0 Å². The van der Waals surface area contributed by atoms with E-state index in [0.29, 0.717) is 5.41 Å². The topological polar surface area (TPSA) is 12.9 Å². The third-order valence-corrected chi connectivity index (χ3v) is 3.82. The molecule has 0 saturated carbocycles. The predicted molar refractivity (Wildman–Crippen MR) is 68.6 cm³/mol. The summed E-state index contributed by atoms with van der Waals surface area (Å²) in [5.74, 6) is 0. The molecule has 0 aromatic carbocycles. The average Bonchev–Trinajstić information content (AvgIpc) is 2.63. The van der Waals surface area contributed by atoms with E-state index in [4.69, 9.17) is 0 Å². The number of hydrogen-bond acceptors (Lipinski definition) is 2. The van der Waals surface area contributed by atoms with Crippen LogP contribution < -0.4 is 0 Å². The molecule has 1 unspecified atom stereocenters. The number of aromatic nitrogens is 1. The largest absolute Gasteiger partial charge is 0.197 e. The Labute approximate surface area is 98.1 Å². The van der Waals surface area contributed by atoms with Crippen LogP contribution in [-0.4, -0.2) is 4.37 Å². The summed E-state index contributed by atoms with van der Waals surface area (Å²) in [4.78, 5) is 1.34. The Morgan fingerprint density at radius 1 is 1.27 bits per heavy atom. The molecule has 1 aromatic heterocycles. The molecule has 0 spiro atoms. The van der Waals surface area contributed by atoms with Crippen LogP contribution in [0, 0.1) is 6.92 Å². The molecule has 2 heteroatoms. The zero-order valence-corrected chi connectivity index (χ0v) is 11.3. The SMILES string of the molecule is CCCCC(C)(CCC)c1cc(C)sn1. The minimum Gasteiger partial charge on any atom is -0.197 e. The molecule has 86 valence electrons. The summed E-state index contributed by atoms with van der Waals surface area (Å²) in [7, 11) is 0. The Hall–Kier alpha value is -0.370. The first-order valence-electron chi connectivity index (χ1n) is 6.06. The second-order valence-electron chi connectivity index (χ2n) is 4.74. The molecule has 0 aliphatic carbocycles. The molecule has 0 fully saturated rings. The highest BCUT2D eigenvalue weighted by Gasteiger charge is 2.27. The number of nitrogens with zero attached hydrogens (tertiary/aromatic N) is 1. The molecule has 0 N–H and O–H groups in total. The van der Waals surface area contributed by atoms with Gasteiger partial charge in [-0.1, -0.05) is 40.0 Å². The lowest BCUT2D eigenvalue weighted by molar-refractivity contribution is 0.375. The van der Waals surface area contributed by atoms with Crippen LogP contribution in [0.3, 0.4) is 0 Å². The highest BCUT2D eigenvalue weighted by atomic mass is 32.1. The normalized spacial score (nSPS) is 15.2. The summed E-state index contributed by atoms with van der Waals surface area (Å²) >= 11 is 1.64. The van der Waals surface area contributed by atoms with Crippen molar-refractivity contribution in [1.29, 1.82) is 0 Å². The third kappa shape index (κ3) is 3.30. The van der Waals surface area contributed by atoms with E-state index in [1.54, 1.807) is 11.5 Å². The smallest absolute Gasteiger partial charge is 0.0603 e. The Kier molecular flexibility index (Phi) is 4.78. The van der Waals surface area contributed by atoms with Crippen LogP contribution in [0.5, 0.6) is 0 Å². The lowest BCUT2D eigenvalue weighted by Crippen LogP contribution is -2.22. The molecule has 1 rings (SSSR count). The van der Waals surface area contributed by atoms with Gasteiger partial charge in [0.25, 0.3) is 0 Å². The van der Waals surface area contributed by atoms with Crippen LogP contribution in [0.2, 0.25) is 0 Å². The van der Waals surface area contributed by atoms with Crippen molar-refractivity contribution in [3.8, 4) is 0 Å². The van der Waals surface area contributed by atoms with Crippen molar-refractivity contribution in [2.45, 2.75) is 65.2 Å². The Morgan fingerprint density at radius 2 is 2.00 bits per heavy atom. The van der Waals surface area contributed by atoms with Gasteiger partial charge in [-0.05, 0) is 37.4 Å². The van der Waals surface area contributed by atoms with Gasteiger partial charge in [0.1, 0.15) is 0 Å². The van der Waals surface area contributed by atoms with Gasteiger partial charge in [-0.2, -0.15) is 4.37 Å². The van der Waals surface area contributed by atoms with Crippen LogP contribution in [0.15, 0.2) is 6.07 Å². The Balaban J connectivity index is 2.79. The zero-order chi connectivity index (χ0) is 11.3. The lowest BCUT2D eigenvalue weighted by atomic mass is 9.78.